The van der Waals surface area contributed by atoms with E-state index in [4.69, 9.17) is 9.47 Å². The predicted octanol–water partition coefficient (Wildman–Crippen LogP) is 0.600. The first-order chi connectivity index (χ1) is 7.82. The molecule has 1 atom stereocenters. The minimum Gasteiger partial charge on any atom is -0.462 e. The minimum absolute atomic E-state index is 0.154. The maximum Gasteiger partial charge on any atom is 0.333 e. The molecule has 0 bridgehead atoms. The Kier molecular flexibility index (Phi) is 6.62. The molecule has 0 aliphatic carbocycles. The van der Waals surface area contributed by atoms with E-state index in [1.807, 2.05) is 0 Å². The van der Waals surface area contributed by atoms with Crippen molar-refractivity contribution in [3.8, 4) is 0 Å². The molecule has 0 amide bonds. The van der Waals surface area contributed by atoms with Crippen LogP contribution in [0.25, 0.3) is 0 Å². The normalized spacial score (nSPS) is 11.2. The van der Waals surface area contributed by atoms with Gasteiger partial charge in [0.25, 0.3) is 0 Å². The smallest absolute Gasteiger partial charge is 0.333 e. The first-order valence-corrected chi connectivity index (χ1v) is 4.96. The van der Waals surface area contributed by atoms with E-state index in [0.29, 0.717) is 0 Å². The maximum atomic E-state index is 11.1. The van der Waals surface area contributed by atoms with Gasteiger partial charge in [-0.2, -0.15) is 0 Å². The lowest BCUT2D eigenvalue weighted by Gasteiger charge is -2.16. The number of hydrogen-bond acceptors (Lipinski definition) is 6. The van der Waals surface area contributed by atoms with E-state index in [9.17, 15) is 14.4 Å². The Bertz CT molecular complexity index is 320. The van der Waals surface area contributed by atoms with Crippen molar-refractivity contribution >= 4 is 17.9 Å². The molecule has 0 fully saturated rings. The number of carbonyl (C=O) groups is 3. The fourth-order valence-electron chi connectivity index (χ4n) is 0.853. The standard InChI is InChI=1S/C11H16O6/c1-7(2)11(14)16-6-10(17-9(4)13)5-15-8(3)12/h10H,1,5-6H2,2-4H3. The number of esters is 3. The van der Waals surface area contributed by atoms with Gasteiger partial charge in [-0.15, -0.1) is 0 Å². The molecule has 0 saturated carbocycles. The zero-order chi connectivity index (χ0) is 13.4. The molecule has 6 nitrogen and oxygen atoms in total. The van der Waals surface area contributed by atoms with Gasteiger partial charge < -0.3 is 14.2 Å². The molecule has 0 aromatic rings. The minimum atomic E-state index is -0.806. The second-order valence-electron chi connectivity index (χ2n) is 3.41. The lowest BCUT2D eigenvalue weighted by atomic mass is 10.3. The Labute approximate surface area is 99.5 Å². The van der Waals surface area contributed by atoms with E-state index in [1.165, 1.54) is 20.8 Å². The van der Waals surface area contributed by atoms with Gasteiger partial charge in [-0.1, -0.05) is 6.58 Å². The third-order valence-corrected chi connectivity index (χ3v) is 1.55. The maximum absolute atomic E-state index is 11.1. The summed E-state index contributed by atoms with van der Waals surface area (Å²) in [6.07, 6.45) is -0.806. The van der Waals surface area contributed by atoms with Gasteiger partial charge in [0.1, 0.15) is 13.2 Å². The van der Waals surface area contributed by atoms with Crippen molar-refractivity contribution < 1.29 is 28.6 Å². The summed E-state index contributed by atoms with van der Waals surface area (Å²) in [7, 11) is 0. The highest BCUT2D eigenvalue weighted by Crippen LogP contribution is 2.00. The summed E-state index contributed by atoms with van der Waals surface area (Å²) in [6, 6.07) is 0. The summed E-state index contributed by atoms with van der Waals surface area (Å²) in [6.45, 7) is 7.00. The van der Waals surface area contributed by atoms with Crippen molar-refractivity contribution in [2.24, 2.45) is 0 Å². The molecule has 0 radical (unpaired) electrons. The van der Waals surface area contributed by atoms with E-state index in [1.54, 1.807) is 0 Å². The van der Waals surface area contributed by atoms with Gasteiger partial charge in [0.05, 0.1) is 0 Å². The molecule has 1 unspecified atom stereocenters. The molecule has 0 aliphatic heterocycles. The van der Waals surface area contributed by atoms with E-state index in [-0.39, 0.29) is 18.8 Å². The van der Waals surface area contributed by atoms with Crippen LogP contribution in [-0.4, -0.2) is 37.2 Å². The van der Waals surface area contributed by atoms with E-state index < -0.39 is 24.0 Å². The average Bonchev–Trinajstić information content (AvgIpc) is 2.20. The summed E-state index contributed by atoms with van der Waals surface area (Å²) in [5.41, 5.74) is 0.235. The molecule has 96 valence electrons. The van der Waals surface area contributed by atoms with Crippen molar-refractivity contribution in [2.45, 2.75) is 26.9 Å². The predicted molar refractivity (Wildman–Crippen MR) is 58.0 cm³/mol. The molecule has 0 aromatic heterocycles. The number of carbonyl (C=O) groups excluding carboxylic acids is 3. The van der Waals surface area contributed by atoms with E-state index in [0.717, 1.165) is 0 Å². The highest BCUT2D eigenvalue weighted by molar-refractivity contribution is 5.86. The molecule has 17 heavy (non-hydrogen) atoms. The first kappa shape index (κ1) is 15.2. The third kappa shape index (κ3) is 8.01. The highest BCUT2D eigenvalue weighted by Gasteiger charge is 2.16. The van der Waals surface area contributed by atoms with Crippen LogP contribution in [0.5, 0.6) is 0 Å². The van der Waals surface area contributed by atoms with Gasteiger partial charge in [0.15, 0.2) is 6.10 Å². The summed E-state index contributed by atoms with van der Waals surface area (Å²) in [5.74, 6) is -1.65. The van der Waals surface area contributed by atoms with Crippen LogP contribution in [0.3, 0.4) is 0 Å². The number of hydrogen-bond donors (Lipinski definition) is 0. The summed E-state index contributed by atoms with van der Waals surface area (Å²) < 4.78 is 14.3. The van der Waals surface area contributed by atoms with Crippen molar-refractivity contribution in [2.75, 3.05) is 13.2 Å². The molecule has 6 heteroatoms. The summed E-state index contributed by atoms with van der Waals surface area (Å²) in [4.78, 5) is 32.5. The van der Waals surface area contributed by atoms with Crippen LogP contribution < -0.4 is 0 Å². The Morgan fingerprint density at radius 3 is 1.94 bits per heavy atom. The van der Waals surface area contributed by atoms with Gasteiger partial charge in [-0.05, 0) is 6.92 Å². The quantitative estimate of drug-likeness (QED) is 0.387. The second-order valence-corrected chi connectivity index (χ2v) is 3.41. The Morgan fingerprint density at radius 2 is 1.53 bits per heavy atom. The van der Waals surface area contributed by atoms with Crippen molar-refractivity contribution in [1.82, 2.24) is 0 Å². The summed E-state index contributed by atoms with van der Waals surface area (Å²) >= 11 is 0. The SMILES string of the molecule is C=C(C)C(=O)OCC(COC(C)=O)OC(C)=O. The van der Waals surface area contributed by atoms with E-state index >= 15 is 0 Å². The molecule has 0 aliphatic rings. The second kappa shape index (κ2) is 7.43. The molecule has 0 N–H and O–H groups in total. The fourth-order valence-corrected chi connectivity index (χ4v) is 0.853. The van der Waals surface area contributed by atoms with Crippen LogP contribution in [0, 0.1) is 0 Å². The van der Waals surface area contributed by atoms with Crippen LogP contribution in [-0.2, 0) is 28.6 Å². The fraction of sp³-hybridized carbons (Fsp3) is 0.545. The molecule has 0 spiro atoms. The van der Waals surface area contributed by atoms with Crippen molar-refractivity contribution in [3.63, 3.8) is 0 Å². The summed E-state index contributed by atoms with van der Waals surface area (Å²) in [5, 5.41) is 0. The third-order valence-electron chi connectivity index (χ3n) is 1.55. The van der Waals surface area contributed by atoms with Crippen molar-refractivity contribution in [1.29, 1.82) is 0 Å². The van der Waals surface area contributed by atoms with Crippen LogP contribution in [0.2, 0.25) is 0 Å². The lowest BCUT2D eigenvalue weighted by Crippen LogP contribution is -2.29. The highest BCUT2D eigenvalue weighted by atomic mass is 16.6. The average molecular weight is 244 g/mol. The van der Waals surface area contributed by atoms with E-state index in [2.05, 4.69) is 11.3 Å². The molecular formula is C11H16O6. The number of ether oxygens (including phenoxy) is 3. The molecule has 0 heterocycles. The Morgan fingerprint density at radius 1 is 1.00 bits per heavy atom. The zero-order valence-corrected chi connectivity index (χ0v) is 10.1. The van der Waals surface area contributed by atoms with Gasteiger partial charge >= 0.3 is 17.9 Å². The van der Waals surface area contributed by atoms with Crippen molar-refractivity contribution in [3.05, 3.63) is 12.2 Å². The van der Waals surface area contributed by atoms with Gasteiger partial charge in [0.2, 0.25) is 0 Å². The first-order valence-electron chi connectivity index (χ1n) is 4.96. The van der Waals surface area contributed by atoms with Crippen LogP contribution >= 0.6 is 0 Å². The zero-order valence-electron chi connectivity index (χ0n) is 10.1. The van der Waals surface area contributed by atoms with Crippen LogP contribution in [0.15, 0.2) is 12.2 Å². The van der Waals surface area contributed by atoms with Crippen LogP contribution in [0.4, 0.5) is 0 Å². The topological polar surface area (TPSA) is 78.9 Å². The van der Waals surface area contributed by atoms with Gasteiger partial charge in [-0.25, -0.2) is 4.79 Å². The largest absolute Gasteiger partial charge is 0.462 e. The van der Waals surface area contributed by atoms with Crippen LogP contribution in [0.1, 0.15) is 20.8 Å². The number of rotatable bonds is 6. The molecule has 0 aromatic carbocycles. The molecule has 0 saturated heterocycles. The van der Waals surface area contributed by atoms with Gasteiger partial charge in [-0.3, -0.25) is 9.59 Å². The lowest BCUT2D eigenvalue weighted by molar-refractivity contribution is -0.163. The molecule has 0 rings (SSSR count). The Hall–Kier alpha value is -1.85. The Balaban J connectivity index is 4.18. The monoisotopic (exact) mass is 244 g/mol. The molecular weight excluding hydrogens is 228 g/mol. The van der Waals surface area contributed by atoms with Gasteiger partial charge in [0, 0.05) is 19.4 Å².